The first kappa shape index (κ1) is 19.0. The summed E-state index contributed by atoms with van der Waals surface area (Å²) in [7, 11) is 0. The smallest absolute Gasteiger partial charge is 0.253 e. The van der Waals surface area contributed by atoms with E-state index < -0.39 is 0 Å². The van der Waals surface area contributed by atoms with Crippen LogP contribution >= 0.6 is 0 Å². The van der Waals surface area contributed by atoms with Crippen molar-refractivity contribution < 1.29 is 10.0 Å². The summed E-state index contributed by atoms with van der Waals surface area (Å²) in [4.78, 5) is 12.4. The summed E-state index contributed by atoms with van der Waals surface area (Å²) in [6, 6.07) is 9.84. The summed E-state index contributed by atoms with van der Waals surface area (Å²) in [6.07, 6.45) is 13.0. The molecule has 2 unspecified atom stereocenters. The average molecular weight is 332 g/mol. The molecule has 1 saturated heterocycles. The molecule has 3 nitrogen and oxygen atoms in total. The number of carbonyl (C=O) groups excluding carboxylic acids is 1. The van der Waals surface area contributed by atoms with E-state index in [2.05, 4.69) is 6.92 Å². The zero-order valence-corrected chi connectivity index (χ0v) is 15.1. The summed E-state index contributed by atoms with van der Waals surface area (Å²) in [5.74, 6) is -0.303. The molecular weight excluding hydrogens is 298 g/mol. The van der Waals surface area contributed by atoms with Crippen LogP contribution in [0.4, 0.5) is 0 Å². The van der Waals surface area contributed by atoms with E-state index in [0.717, 1.165) is 36.3 Å². The van der Waals surface area contributed by atoms with Crippen molar-refractivity contribution in [1.29, 1.82) is 0 Å². The molecule has 1 amide bonds. The standard InChI is InChI=1S/C21H33NO2/c1-2-3-4-5-6-7-8-12-15-19-16-17-20(21(23)22(19)24)18-13-10-9-11-14-18/h9-11,13-14,19-20,24H,2-8,12,15-17H2,1H3. The Bertz CT molecular complexity index is 474. The van der Waals surface area contributed by atoms with Gasteiger partial charge in [-0.15, -0.1) is 0 Å². The van der Waals surface area contributed by atoms with Crippen LogP contribution in [-0.2, 0) is 4.79 Å². The van der Waals surface area contributed by atoms with E-state index in [4.69, 9.17) is 0 Å². The normalized spacial score (nSPS) is 21.2. The molecule has 1 heterocycles. The highest BCUT2D eigenvalue weighted by Crippen LogP contribution is 2.32. The predicted molar refractivity (Wildman–Crippen MR) is 98.1 cm³/mol. The lowest BCUT2D eigenvalue weighted by atomic mass is 9.86. The Labute approximate surface area is 147 Å². The molecule has 3 heteroatoms. The summed E-state index contributed by atoms with van der Waals surface area (Å²) in [5, 5.41) is 11.3. The molecule has 0 aliphatic carbocycles. The highest BCUT2D eigenvalue weighted by atomic mass is 16.5. The summed E-state index contributed by atoms with van der Waals surface area (Å²) in [6.45, 7) is 2.24. The second-order valence-corrected chi connectivity index (χ2v) is 7.14. The number of hydroxylamine groups is 2. The SMILES string of the molecule is CCCCCCCCCCC1CCC(c2ccccc2)C(=O)N1O. The molecule has 1 aliphatic rings. The molecule has 0 radical (unpaired) electrons. The molecule has 0 spiro atoms. The molecule has 24 heavy (non-hydrogen) atoms. The van der Waals surface area contributed by atoms with Crippen LogP contribution in [0.2, 0.25) is 0 Å². The van der Waals surface area contributed by atoms with Crippen LogP contribution in [0.15, 0.2) is 30.3 Å². The zero-order valence-electron chi connectivity index (χ0n) is 15.1. The second-order valence-electron chi connectivity index (χ2n) is 7.14. The van der Waals surface area contributed by atoms with Gasteiger partial charge in [0, 0.05) is 0 Å². The monoisotopic (exact) mass is 331 g/mol. The van der Waals surface area contributed by atoms with Crippen LogP contribution in [0.25, 0.3) is 0 Å². The van der Waals surface area contributed by atoms with Crippen molar-refractivity contribution >= 4 is 5.91 Å². The number of hydrogen-bond acceptors (Lipinski definition) is 2. The first-order valence-electron chi connectivity index (χ1n) is 9.81. The van der Waals surface area contributed by atoms with Gasteiger partial charge in [-0.25, -0.2) is 5.06 Å². The Hall–Kier alpha value is -1.35. The van der Waals surface area contributed by atoms with Crippen LogP contribution in [-0.4, -0.2) is 22.2 Å². The van der Waals surface area contributed by atoms with Gasteiger partial charge in [-0.05, 0) is 24.8 Å². The van der Waals surface area contributed by atoms with Gasteiger partial charge >= 0.3 is 0 Å². The fourth-order valence-corrected chi connectivity index (χ4v) is 3.72. The number of piperidine rings is 1. The van der Waals surface area contributed by atoms with Gasteiger partial charge in [0.2, 0.25) is 0 Å². The minimum absolute atomic E-state index is 0.0116. The van der Waals surface area contributed by atoms with Crippen molar-refractivity contribution in [1.82, 2.24) is 5.06 Å². The minimum atomic E-state index is -0.175. The largest absolute Gasteiger partial charge is 0.286 e. The lowest BCUT2D eigenvalue weighted by Gasteiger charge is -2.35. The van der Waals surface area contributed by atoms with Crippen LogP contribution in [0, 0.1) is 0 Å². The van der Waals surface area contributed by atoms with Gasteiger partial charge in [0.05, 0.1) is 12.0 Å². The van der Waals surface area contributed by atoms with Gasteiger partial charge in [0.25, 0.3) is 5.91 Å². The Morgan fingerprint density at radius 1 is 0.958 bits per heavy atom. The summed E-state index contributed by atoms with van der Waals surface area (Å²) < 4.78 is 0. The van der Waals surface area contributed by atoms with Gasteiger partial charge in [-0.2, -0.15) is 0 Å². The van der Waals surface area contributed by atoms with Crippen molar-refractivity contribution in [3.8, 4) is 0 Å². The molecular formula is C21H33NO2. The molecule has 2 rings (SSSR count). The Morgan fingerprint density at radius 2 is 1.58 bits per heavy atom. The van der Waals surface area contributed by atoms with E-state index in [0.29, 0.717) is 0 Å². The third-order valence-electron chi connectivity index (χ3n) is 5.25. The molecule has 0 bridgehead atoms. The highest BCUT2D eigenvalue weighted by Gasteiger charge is 2.35. The van der Waals surface area contributed by atoms with E-state index in [1.165, 1.54) is 44.9 Å². The number of unbranched alkanes of at least 4 members (excludes halogenated alkanes) is 7. The fraction of sp³-hybridized carbons (Fsp3) is 0.667. The number of nitrogens with zero attached hydrogens (tertiary/aromatic N) is 1. The van der Waals surface area contributed by atoms with Gasteiger partial charge in [-0.3, -0.25) is 10.0 Å². The number of rotatable bonds is 10. The topological polar surface area (TPSA) is 40.5 Å². The van der Waals surface area contributed by atoms with Crippen LogP contribution < -0.4 is 0 Å². The lowest BCUT2D eigenvalue weighted by Crippen LogP contribution is -2.44. The molecule has 1 aromatic carbocycles. The van der Waals surface area contributed by atoms with E-state index in [9.17, 15) is 10.0 Å². The molecule has 1 aromatic rings. The summed E-state index contributed by atoms with van der Waals surface area (Å²) >= 11 is 0. The van der Waals surface area contributed by atoms with E-state index in [1.807, 2.05) is 30.3 Å². The Balaban J connectivity index is 1.66. The van der Waals surface area contributed by atoms with Gasteiger partial charge in [0.1, 0.15) is 0 Å². The highest BCUT2D eigenvalue weighted by molar-refractivity contribution is 5.83. The maximum absolute atomic E-state index is 12.4. The number of amides is 1. The predicted octanol–water partition coefficient (Wildman–Crippen LogP) is 5.68. The van der Waals surface area contributed by atoms with Crippen molar-refractivity contribution in [2.24, 2.45) is 0 Å². The fourth-order valence-electron chi connectivity index (χ4n) is 3.72. The van der Waals surface area contributed by atoms with Crippen molar-refractivity contribution in [2.75, 3.05) is 0 Å². The van der Waals surface area contributed by atoms with Crippen molar-refractivity contribution in [2.45, 2.75) is 89.5 Å². The van der Waals surface area contributed by atoms with Crippen molar-refractivity contribution in [3.05, 3.63) is 35.9 Å². The first-order valence-corrected chi connectivity index (χ1v) is 9.81. The Morgan fingerprint density at radius 3 is 2.25 bits per heavy atom. The Kier molecular flexibility index (Phi) is 8.31. The molecule has 2 atom stereocenters. The molecule has 1 aliphatic heterocycles. The zero-order chi connectivity index (χ0) is 17.2. The maximum Gasteiger partial charge on any atom is 0.253 e. The molecule has 134 valence electrons. The second kappa shape index (κ2) is 10.5. The first-order chi connectivity index (χ1) is 11.7. The van der Waals surface area contributed by atoms with Crippen LogP contribution in [0.1, 0.15) is 89.0 Å². The van der Waals surface area contributed by atoms with Crippen LogP contribution in [0.3, 0.4) is 0 Å². The lowest BCUT2D eigenvalue weighted by molar-refractivity contribution is -0.185. The molecule has 0 aromatic heterocycles. The van der Waals surface area contributed by atoms with Gasteiger partial charge in [0.15, 0.2) is 0 Å². The number of hydrogen-bond donors (Lipinski definition) is 1. The quantitative estimate of drug-likeness (QED) is 0.442. The van der Waals surface area contributed by atoms with E-state index >= 15 is 0 Å². The van der Waals surface area contributed by atoms with Crippen LogP contribution in [0.5, 0.6) is 0 Å². The minimum Gasteiger partial charge on any atom is -0.286 e. The number of benzene rings is 1. The average Bonchev–Trinajstić information content (AvgIpc) is 2.61. The third-order valence-corrected chi connectivity index (χ3v) is 5.25. The van der Waals surface area contributed by atoms with E-state index in [-0.39, 0.29) is 17.9 Å². The molecule has 1 fully saturated rings. The number of carbonyl (C=O) groups is 1. The van der Waals surface area contributed by atoms with E-state index in [1.54, 1.807) is 0 Å². The van der Waals surface area contributed by atoms with Gasteiger partial charge in [-0.1, -0.05) is 88.6 Å². The molecule has 0 saturated carbocycles. The van der Waals surface area contributed by atoms with Crippen molar-refractivity contribution in [3.63, 3.8) is 0 Å². The maximum atomic E-state index is 12.4. The van der Waals surface area contributed by atoms with Gasteiger partial charge < -0.3 is 0 Å². The molecule has 1 N–H and O–H groups in total. The summed E-state index contributed by atoms with van der Waals surface area (Å²) in [5.41, 5.74) is 1.02. The third kappa shape index (κ3) is 5.62.